The second-order valence-electron chi connectivity index (χ2n) is 6.70. The third-order valence-electron chi connectivity index (χ3n) is 4.84. The molecule has 132 valence electrons. The van der Waals surface area contributed by atoms with Crippen LogP contribution in [0, 0.1) is 0 Å². The van der Waals surface area contributed by atoms with Gasteiger partial charge in [-0.15, -0.1) is 0 Å². The van der Waals surface area contributed by atoms with E-state index in [0.717, 1.165) is 36.6 Å². The minimum absolute atomic E-state index is 0.00203. The van der Waals surface area contributed by atoms with Gasteiger partial charge in [0.05, 0.1) is 12.5 Å². The molecule has 0 aliphatic carbocycles. The molecule has 2 aromatic rings. The summed E-state index contributed by atoms with van der Waals surface area (Å²) in [7, 11) is 1.88. The van der Waals surface area contributed by atoms with Crippen LogP contribution in [0.15, 0.2) is 48.7 Å². The molecular formula is C20H26N4O. The molecule has 3 rings (SSSR count). The van der Waals surface area contributed by atoms with E-state index >= 15 is 0 Å². The van der Waals surface area contributed by atoms with Crippen LogP contribution >= 0.6 is 0 Å². The molecule has 5 heteroatoms. The van der Waals surface area contributed by atoms with Crippen molar-refractivity contribution in [1.82, 2.24) is 14.8 Å². The van der Waals surface area contributed by atoms with Gasteiger partial charge in [0.15, 0.2) is 0 Å². The Balaban J connectivity index is 1.78. The predicted molar refractivity (Wildman–Crippen MR) is 100.0 cm³/mol. The van der Waals surface area contributed by atoms with Gasteiger partial charge in [-0.3, -0.25) is 9.78 Å². The number of nitrogens with zero attached hydrogens (tertiary/aromatic N) is 3. The minimum atomic E-state index is -0.00203. The van der Waals surface area contributed by atoms with Crippen molar-refractivity contribution in [3.63, 3.8) is 0 Å². The summed E-state index contributed by atoms with van der Waals surface area (Å²) in [4.78, 5) is 21.4. The number of hydrogen-bond acceptors (Lipinski definition) is 4. The Morgan fingerprint density at radius 1 is 1.24 bits per heavy atom. The first-order valence-corrected chi connectivity index (χ1v) is 8.87. The average Bonchev–Trinajstić information content (AvgIpc) is 3.13. The lowest BCUT2D eigenvalue weighted by atomic mass is 10.0. The zero-order valence-corrected chi connectivity index (χ0v) is 14.8. The smallest absolute Gasteiger partial charge is 0.228 e. The van der Waals surface area contributed by atoms with Crippen molar-refractivity contribution in [2.75, 3.05) is 32.4 Å². The van der Waals surface area contributed by atoms with Gasteiger partial charge in [-0.1, -0.05) is 18.2 Å². The molecule has 1 saturated heterocycles. The summed E-state index contributed by atoms with van der Waals surface area (Å²) in [6, 6.07) is 13.5. The Morgan fingerprint density at radius 3 is 2.72 bits per heavy atom. The molecule has 1 amide bonds. The Hall–Kier alpha value is -2.40. The van der Waals surface area contributed by atoms with Crippen LogP contribution < -0.4 is 5.73 Å². The lowest BCUT2D eigenvalue weighted by Crippen LogP contribution is -2.39. The minimum Gasteiger partial charge on any atom is -0.399 e. The molecule has 0 saturated carbocycles. The first-order valence-electron chi connectivity index (χ1n) is 8.87. The van der Waals surface area contributed by atoms with Gasteiger partial charge >= 0.3 is 0 Å². The lowest BCUT2D eigenvalue weighted by Gasteiger charge is -2.32. The van der Waals surface area contributed by atoms with Crippen molar-refractivity contribution >= 4 is 11.6 Å². The molecular weight excluding hydrogens is 312 g/mol. The predicted octanol–water partition coefficient (Wildman–Crippen LogP) is 2.50. The number of nitrogens with two attached hydrogens (primary N) is 1. The van der Waals surface area contributed by atoms with E-state index in [0.29, 0.717) is 6.42 Å². The second-order valence-corrected chi connectivity index (χ2v) is 6.70. The second kappa shape index (κ2) is 8.12. The third-order valence-corrected chi connectivity index (χ3v) is 4.84. The number of nitrogen functional groups attached to an aromatic ring is 1. The third kappa shape index (κ3) is 4.57. The fraction of sp³-hybridized carbons (Fsp3) is 0.400. The number of hydrogen-bond donors (Lipinski definition) is 1. The summed E-state index contributed by atoms with van der Waals surface area (Å²) >= 11 is 0. The van der Waals surface area contributed by atoms with Crippen molar-refractivity contribution in [1.29, 1.82) is 0 Å². The van der Waals surface area contributed by atoms with Crippen molar-refractivity contribution in [3.05, 3.63) is 59.9 Å². The van der Waals surface area contributed by atoms with Crippen LogP contribution in [0.4, 0.5) is 5.69 Å². The highest BCUT2D eigenvalue weighted by molar-refractivity contribution is 5.78. The van der Waals surface area contributed by atoms with Crippen molar-refractivity contribution in [2.24, 2.45) is 0 Å². The Morgan fingerprint density at radius 2 is 2.04 bits per heavy atom. The van der Waals surface area contributed by atoms with Crippen LogP contribution in [0.25, 0.3) is 0 Å². The molecule has 0 unspecified atom stereocenters. The van der Waals surface area contributed by atoms with E-state index in [2.05, 4.69) is 16.0 Å². The molecule has 2 N–H and O–H groups in total. The highest BCUT2D eigenvalue weighted by atomic mass is 16.2. The Bertz CT molecular complexity index is 698. The van der Waals surface area contributed by atoms with E-state index < -0.39 is 0 Å². The Labute approximate surface area is 149 Å². The molecule has 0 radical (unpaired) electrons. The first-order chi connectivity index (χ1) is 12.1. The number of benzene rings is 1. The molecule has 1 fully saturated rings. The van der Waals surface area contributed by atoms with Crippen molar-refractivity contribution in [3.8, 4) is 0 Å². The van der Waals surface area contributed by atoms with Gasteiger partial charge in [0.25, 0.3) is 0 Å². The van der Waals surface area contributed by atoms with E-state index in [1.54, 1.807) is 6.20 Å². The molecule has 2 heterocycles. The van der Waals surface area contributed by atoms with Crippen LogP contribution in [0.5, 0.6) is 0 Å². The number of carbonyl (C=O) groups is 1. The van der Waals surface area contributed by atoms with Gasteiger partial charge in [-0.2, -0.15) is 0 Å². The van der Waals surface area contributed by atoms with Gasteiger partial charge in [0.2, 0.25) is 5.91 Å². The molecule has 0 spiro atoms. The summed E-state index contributed by atoms with van der Waals surface area (Å²) in [5, 5.41) is 0. The fourth-order valence-corrected chi connectivity index (χ4v) is 3.38. The number of amides is 1. The molecule has 1 aromatic heterocycles. The molecule has 1 aromatic carbocycles. The molecule has 0 bridgehead atoms. The van der Waals surface area contributed by atoms with Crippen LogP contribution in [-0.4, -0.2) is 47.4 Å². The van der Waals surface area contributed by atoms with E-state index in [-0.39, 0.29) is 11.9 Å². The van der Waals surface area contributed by atoms with E-state index in [9.17, 15) is 4.79 Å². The molecule has 1 atom stereocenters. The van der Waals surface area contributed by atoms with Crippen LogP contribution in [0.1, 0.15) is 30.1 Å². The first kappa shape index (κ1) is 17.4. The maximum Gasteiger partial charge on any atom is 0.228 e. The monoisotopic (exact) mass is 338 g/mol. The molecule has 1 aliphatic heterocycles. The number of aromatic nitrogens is 1. The van der Waals surface area contributed by atoms with Gasteiger partial charge in [0, 0.05) is 31.2 Å². The topological polar surface area (TPSA) is 62.5 Å². The molecule has 5 nitrogen and oxygen atoms in total. The number of likely N-dealkylation sites (tertiary alicyclic amines) is 1. The van der Waals surface area contributed by atoms with Crippen LogP contribution in [-0.2, 0) is 11.2 Å². The standard InChI is InChI=1S/C20H26N4O/c1-23(20(25)14-18-9-2-3-10-22-18)19(15-24-11-4-5-12-24)16-7-6-8-17(21)13-16/h2-3,6-10,13,19H,4-5,11-12,14-15,21H2,1H3/t19-/m1/s1. The summed E-state index contributed by atoms with van der Waals surface area (Å²) in [5.41, 5.74) is 8.59. The largest absolute Gasteiger partial charge is 0.399 e. The van der Waals surface area contributed by atoms with Crippen molar-refractivity contribution < 1.29 is 4.79 Å². The number of carbonyl (C=O) groups excluding carboxylic acids is 1. The van der Waals surface area contributed by atoms with Gasteiger partial charge in [-0.05, 0) is 55.8 Å². The van der Waals surface area contributed by atoms with Gasteiger partial charge in [-0.25, -0.2) is 0 Å². The molecule has 1 aliphatic rings. The van der Waals surface area contributed by atoms with Crippen LogP contribution in [0.3, 0.4) is 0 Å². The maximum atomic E-state index is 12.8. The number of pyridine rings is 1. The van der Waals surface area contributed by atoms with Crippen LogP contribution in [0.2, 0.25) is 0 Å². The van der Waals surface area contributed by atoms with E-state index in [1.807, 2.05) is 48.3 Å². The van der Waals surface area contributed by atoms with E-state index in [1.165, 1.54) is 12.8 Å². The summed E-state index contributed by atoms with van der Waals surface area (Å²) < 4.78 is 0. The summed E-state index contributed by atoms with van der Waals surface area (Å²) in [6.07, 6.45) is 4.50. The molecule has 25 heavy (non-hydrogen) atoms. The van der Waals surface area contributed by atoms with Crippen molar-refractivity contribution in [2.45, 2.75) is 25.3 Å². The zero-order chi connectivity index (χ0) is 17.6. The average molecular weight is 338 g/mol. The van der Waals surface area contributed by atoms with Gasteiger partial charge in [0.1, 0.15) is 0 Å². The highest BCUT2D eigenvalue weighted by Crippen LogP contribution is 2.25. The fourth-order valence-electron chi connectivity index (χ4n) is 3.38. The number of anilines is 1. The lowest BCUT2D eigenvalue weighted by molar-refractivity contribution is -0.131. The normalized spacial score (nSPS) is 15.9. The number of rotatable bonds is 6. The SMILES string of the molecule is CN(C(=O)Cc1ccccn1)[C@H](CN1CCCC1)c1cccc(N)c1. The quantitative estimate of drug-likeness (QED) is 0.822. The van der Waals surface area contributed by atoms with Gasteiger partial charge < -0.3 is 15.5 Å². The highest BCUT2D eigenvalue weighted by Gasteiger charge is 2.26. The number of likely N-dealkylation sites (N-methyl/N-ethyl adjacent to an activating group) is 1. The maximum absolute atomic E-state index is 12.8. The summed E-state index contributed by atoms with van der Waals surface area (Å²) in [6.45, 7) is 3.04. The summed E-state index contributed by atoms with van der Waals surface area (Å²) in [5.74, 6) is 0.0744. The van der Waals surface area contributed by atoms with E-state index in [4.69, 9.17) is 5.73 Å². The Kier molecular flexibility index (Phi) is 5.66. The zero-order valence-electron chi connectivity index (χ0n) is 14.8.